The molecular weight excluding hydrogens is 458 g/mol. The Bertz CT molecular complexity index is 1380. The number of amides is 2. The predicted octanol–water partition coefficient (Wildman–Crippen LogP) is 4.00. The van der Waals surface area contributed by atoms with Crippen LogP contribution in [0.5, 0.6) is 17.2 Å². The molecule has 3 N–H and O–H groups in total. The number of ketones is 1. The number of Topliss-reactive ketones (excluding diaryl/α,β-unsaturated/α-hetero) is 1. The maximum Gasteiger partial charge on any atom is 0.256 e. The summed E-state index contributed by atoms with van der Waals surface area (Å²) >= 11 is 0. The number of hydrogen-bond acceptors (Lipinski definition) is 5. The number of nitrogens with zero attached hydrogens (tertiary/aromatic N) is 1. The molecule has 8 nitrogen and oxygen atoms in total. The third kappa shape index (κ3) is 4.34. The molecule has 0 radical (unpaired) electrons. The second-order valence-electron chi connectivity index (χ2n) is 9.65. The number of phenolic OH excluding ortho intramolecular Hbond substituents is 1. The van der Waals surface area contributed by atoms with E-state index in [0.29, 0.717) is 53.5 Å². The predicted molar refractivity (Wildman–Crippen MR) is 134 cm³/mol. The minimum absolute atomic E-state index is 0.0289. The van der Waals surface area contributed by atoms with Crippen molar-refractivity contribution in [2.24, 2.45) is 0 Å². The Balaban J connectivity index is 1.49. The molecule has 2 amide bonds. The quantitative estimate of drug-likeness (QED) is 0.473. The van der Waals surface area contributed by atoms with Crippen molar-refractivity contribution in [2.45, 2.75) is 45.6 Å². The van der Waals surface area contributed by atoms with E-state index in [9.17, 15) is 19.5 Å². The van der Waals surface area contributed by atoms with Crippen molar-refractivity contribution in [1.29, 1.82) is 0 Å². The van der Waals surface area contributed by atoms with E-state index >= 15 is 0 Å². The Morgan fingerprint density at radius 2 is 1.89 bits per heavy atom. The van der Waals surface area contributed by atoms with Gasteiger partial charge in [0.25, 0.3) is 5.91 Å². The molecule has 1 fully saturated rings. The molecule has 4 bridgehead atoms. The highest BCUT2D eigenvalue weighted by Crippen LogP contribution is 2.36. The highest BCUT2D eigenvalue weighted by Gasteiger charge is 2.39. The number of H-pyrrole nitrogens is 1. The number of aromatic hydroxyl groups is 1. The molecule has 0 spiro atoms. The molecule has 1 saturated heterocycles. The number of fused-ring (bicyclic) bond motifs is 6. The normalized spacial score (nSPS) is 19.3. The molecular formula is C28H29N3O5. The number of aryl methyl sites for hydroxylation is 2. The molecule has 2 aliphatic heterocycles. The van der Waals surface area contributed by atoms with Gasteiger partial charge in [-0.3, -0.25) is 14.4 Å². The highest BCUT2D eigenvalue weighted by atomic mass is 16.5. The van der Waals surface area contributed by atoms with Gasteiger partial charge in [0.05, 0.1) is 17.3 Å². The number of phenols is 1. The zero-order valence-corrected chi connectivity index (χ0v) is 20.6. The standard InChI is InChI=1S/C28H29N3O5/c1-15-26(16(2)29-27(15)17(3)32)28(35)31-13-21-19-5-4-6-20(12-19)36-24-11-18(7-9-23(24)33)8-10-25(34)30-22(21)14-31/h4-7,9,11-12,21-22,29,33H,8,10,13-14H2,1-3H3,(H,30,34)/t21-,22+/m0/s1. The summed E-state index contributed by atoms with van der Waals surface area (Å²) in [6.45, 7) is 5.82. The lowest BCUT2D eigenvalue weighted by Crippen LogP contribution is -2.40. The molecule has 8 heteroatoms. The van der Waals surface area contributed by atoms with Crippen LogP contribution in [0.2, 0.25) is 0 Å². The smallest absolute Gasteiger partial charge is 0.256 e. The summed E-state index contributed by atoms with van der Waals surface area (Å²) in [5, 5.41) is 13.4. The summed E-state index contributed by atoms with van der Waals surface area (Å²) in [5.41, 5.74) is 4.06. The molecule has 3 heterocycles. The first-order chi connectivity index (χ1) is 17.2. The molecule has 3 aromatic rings. The molecule has 5 rings (SSSR count). The molecule has 0 saturated carbocycles. The van der Waals surface area contributed by atoms with E-state index in [0.717, 1.165) is 11.1 Å². The molecule has 2 aliphatic rings. The van der Waals surface area contributed by atoms with Gasteiger partial charge < -0.3 is 25.0 Å². The number of nitrogens with one attached hydrogen (secondary N) is 2. The van der Waals surface area contributed by atoms with Crippen LogP contribution in [-0.4, -0.2) is 51.7 Å². The number of hydrogen-bond donors (Lipinski definition) is 3. The monoisotopic (exact) mass is 487 g/mol. The second kappa shape index (κ2) is 9.18. The van der Waals surface area contributed by atoms with Crippen molar-refractivity contribution in [3.05, 3.63) is 76.1 Å². The minimum atomic E-state index is -0.277. The van der Waals surface area contributed by atoms with E-state index in [1.165, 1.54) is 6.92 Å². The number of likely N-dealkylation sites (tertiary alicyclic amines) is 1. The number of benzene rings is 2. The first-order valence-corrected chi connectivity index (χ1v) is 12.1. The van der Waals surface area contributed by atoms with Gasteiger partial charge in [-0.2, -0.15) is 0 Å². The van der Waals surface area contributed by atoms with Crippen LogP contribution in [0.4, 0.5) is 0 Å². The summed E-state index contributed by atoms with van der Waals surface area (Å²) in [6, 6.07) is 12.4. The fourth-order valence-electron chi connectivity index (χ4n) is 5.30. The van der Waals surface area contributed by atoms with E-state index in [4.69, 9.17) is 4.74 Å². The fourth-order valence-corrected chi connectivity index (χ4v) is 5.30. The van der Waals surface area contributed by atoms with Gasteiger partial charge in [0.1, 0.15) is 5.75 Å². The van der Waals surface area contributed by atoms with Gasteiger partial charge in [0.15, 0.2) is 17.3 Å². The van der Waals surface area contributed by atoms with Crippen molar-refractivity contribution >= 4 is 17.6 Å². The molecule has 186 valence electrons. The van der Waals surface area contributed by atoms with Gasteiger partial charge in [0.2, 0.25) is 5.91 Å². The Morgan fingerprint density at radius 1 is 1.08 bits per heavy atom. The molecule has 1 aromatic heterocycles. The fraction of sp³-hybridized carbons (Fsp3) is 0.321. The SMILES string of the molecule is CC(=O)c1[nH]c(C)c(C(=O)N2C[C@H]3NC(=O)CCc4ccc(O)c(c4)Oc4cccc(c4)[C@@H]3C2)c1C. The lowest BCUT2D eigenvalue weighted by Gasteiger charge is -2.20. The second-order valence-corrected chi connectivity index (χ2v) is 9.65. The third-order valence-electron chi connectivity index (χ3n) is 7.14. The van der Waals surface area contributed by atoms with Gasteiger partial charge >= 0.3 is 0 Å². The summed E-state index contributed by atoms with van der Waals surface area (Å²) in [7, 11) is 0. The highest BCUT2D eigenvalue weighted by molar-refractivity contribution is 6.02. The van der Waals surface area contributed by atoms with Crippen LogP contribution < -0.4 is 10.1 Å². The van der Waals surface area contributed by atoms with E-state index in [2.05, 4.69) is 10.3 Å². The van der Waals surface area contributed by atoms with E-state index in [1.54, 1.807) is 36.9 Å². The first-order valence-electron chi connectivity index (χ1n) is 12.1. The van der Waals surface area contributed by atoms with Crippen LogP contribution in [0, 0.1) is 13.8 Å². The molecule has 2 aromatic carbocycles. The molecule has 0 aliphatic carbocycles. The van der Waals surface area contributed by atoms with Gasteiger partial charge in [-0.15, -0.1) is 0 Å². The number of carbonyl (C=O) groups excluding carboxylic acids is 3. The molecule has 0 unspecified atom stereocenters. The van der Waals surface area contributed by atoms with E-state index in [1.807, 2.05) is 24.3 Å². The minimum Gasteiger partial charge on any atom is -0.504 e. The Morgan fingerprint density at radius 3 is 2.64 bits per heavy atom. The Hall–Kier alpha value is -4.07. The van der Waals surface area contributed by atoms with Crippen molar-refractivity contribution in [3.63, 3.8) is 0 Å². The van der Waals surface area contributed by atoms with Crippen LogP contribution in [0.3, 0.4) is 0 Å². The maximum absolute atomic E-state index is 13.6. The summed E-state index contributed by atoms with van der Waals surface area (Å²) in [6.07, 6.45) is 0.770. The van der Waals surface area contributed by atoms with Gasteiger partial charge in [-0.05, 0) is 61.2 Å². The lowest BCUT2D eigenvalue weighted by molar-refractivity contribution is -0.121. The van der Waals surface area contributed by atoms with Crippen LogP contribution in [0.15, 0.2) is 42.5 Å². The largest absolute Gasteiger partial charge is 0.504 e. The zero-order chi connectivity index (χ0) is 25.6. The van der Waals surface area contributed by atoms with Crippen LogP contribution >= 0.6 is 0 Å². The summed E-state index contributed by atoms with van der Waals surface area (Å²) in [5.74, 6) is 0.406. The number of carbonyl (C=O) groups is 3. The zero-order valence-electron chi connectivity index (χ0n) is 20.6. The maximum atomic E-state index is 13.6. The van der Waals surface area contributed by atoms with Gasteiger partial charge in [0, 0.05) is 38.0 Å². The van der Waals surface area contributed by atoms with Crippen molar-refractivity contribution < 1.29 is 24.2 Å². The van der Waals surface area contributed by atoms with Crippen molar-refractivity contribution in [3.8, 4) is 17.2 Å². The summed E-state index contributed by atoms with van der Waals surface area (Å²) < 4.78 is 6.01. The Kier molecular flexibility index (Phi) is 6.04. The van der Waals surface area contributed by atoms with Crippen LogP contribution in [0.25, 0.3) is 0 Å². The molecule has 2 atom stereocenters. The number of aromatic amines is 1. The third-order valence-corrected chi connectivity index (χ3v) is 7.14. The number of ether oxygens (including phenoxy) is 1. The van der Waals surface area contributed by atoms with Gasteiger partial charge in [-0.25, -0.2) is 0 Å². The average molecular weight is 488 g/mol. The first kappa shape index (κ1) is 23.7. The van der Waals surface area contributed by atoms with Crippen molar-refractivity contribution in [1.82, 2.24) is 15.2 Å². The average Bonchev–Trinajstić information content (AvgIpc) is 3.39. The number of aromatic nitrogens is 1. The summed E-state index contributed by atoms with van der Waals surface area (Å²) in [4.78, 5) is 43.3. The Labute approximate surface area is 209 Å². The van der Waals surface area contributed by atoms with E-state index in [-0.39, 0.29) is 41.7 Å². The van der Waals surface area contributed by atoms with Crippen LogP contribution in [-0.2, 0) is 11.2 Å². The van der Waals surface area contributed by atoms with Gasteiger partial charge in [-0.1, -0.05) is 18.2 Å². The van der Waals surface area contributed by atoms with E-state index < -0.39 is 0 Å². The lowest BCUT2D eigenvalue weighted by atomic mass is 9.94. The number of rotatable bonds is 2. The van der Waals surface area contributed by atoms with Crippen molar-refractivity contribution in [2.75, 3.05) is 13.1 Å². The topological polar surface area (TPSA) is 112 Å². The van der Waals surface area contributed by atoms with Crippen LogP contribution in [0.1, 0.15) is 62.5 Å². The molecule has 36 heavy (non-hydrogen) atoms.